The summed E-state index contributed by atoms with van der Waals surface area (Å²) in [5, 5.41) is 14.9. The van der Waals surface area contributed by atoms with Crippen LogP contribution in [0.25, 0.3) is 0 Å². The van der Waals surface area contributed by atoms with Crippen LogP contribution in [-0.2, 0) is 9.59 Å². The summed E-state index contributed by atoms with van der Waals surface area (Å²) in [6.45, 7) is 6.66. The molecule has 4 aliphatic heterocycles. The van der Waals surface area contributed by atoms with Crippen LogP contribution in [0, 0.1) is 17.2 Å². The number of rotatable bonds is 12. The molecule has 4 amide bonds. The molecule has 2 unspecified atom stereocenters. The lowest BCUT2D eigenvalue weighted by Crippen LogP contribution is -2.47. The standard InChI is InChI=1S/C48H50ClFN10O4/c49-38-3-1-2-4-40(38)55-44(62)32-5-9-35(10-6-32)53-43-39(50)27-51-47(57-43)54-36-11-7-33(8-12-36)46(64)60-26-22-48(30-60)21-25-58(29-48)28-31-19-23-59(24-20-31)37-15-13-34(14-16-37)52-41-17-18-42(61)56-45(41)63/h1-16,27,31,41,52H,17-26,28-30H2,(H,55,62)(H,56,61,63)(H2,51,53,54,57). The minimum atomic E-state index is -0.648. The molecule has 2 atom stereocenters. The van der Waals surface area contributed by atoms with E-state index in [2.05, 4.69) is 58.5 Å². The van der Waals surface area contributed by atoms with Crippen molar-refractivity contribution in [1.82, 2.24) is 25.1 Å². The van der Waals surface area contributed by atoms with Crippen molar-refractivity contribution in [2.45, 2.75) is 44.6 Å². The molecule has 1 aromatic heterocycles. The predicted molar refractivity (Wildman–Crippen MR) is 246 cm³/mol. The number of aromatic nitrogens is 2. The van der Waals surface area contributed by atoms with Gasteiger partial charge in [0.15, 0.2) is 11.6 Å². The molecule has 4 aromatic carbocycles. The number of hydrogen-bond donors (Lipinski definition) is 5. The molecule has 330 valence electrons. The van der Waals surface area contributed by atoms with Gasteiger partial charge in [0.05, 0.1) is 16.9 Å². The van der Waals surface area contributed by atoms with Crippen LogP contribution in [0.2, 0.25) is 5.02 Å². The van der Waals surface area contributed by atoms with Crippen molar-refractivity contribution in [2.75, 3.05) is 72.0 Å². The molecule has 4 aliphatic rings. The van der Waals surface area contributed by atoms with Gasteiger partial charge in [0.1, 0.15) is 6.04 Å². The van der Waals surface area contributed by atoms with E-state index < -0.39 is 11.9 Å². The van der Waals surface area contributed by atoms with Gasteiger partial charge in [0, 0.05) is 85.0 Å². The minimum absolute atomic E-state index is 0.0194. The fourth-order valence-electron chi connectivity index (χ4n) is 9.29. The maximum absolute atomic E-state index is 14.8. The van der Waals surface area contributed by atoms with Crippen molar-refractivity contribution < 1.29 is 23.6 Å². The summed E-state index contributed by atoms with van der Waals surface area (Å²) >= 11 is 6.17. The normalized spacial score (nSPS) is 20.3. The first-order valence-corrected chi connectivity index (χ1v) is 22.2. The van der Waals surface area contributed by atoms with Gasteiger partial charge in [-0.25, -0.2) is 9.37 Å². The van der Waals surface area contributed by atoms with Gasteiger partial charge in [-0.2, -0.15) is 4.98 Å². The average Bonchev–Trinajstić information content (AvgIpc) is 3.92. The second-order valence-corrected chi connectivity index (χ2v) is 17.7. The van der Waals surface area contributed by atoms with Crippen LogP contribution < -0.4 is 31.5 Å². The minimum Gasteiger partial charge on any atom is -0.374 e. The highest BCUT2D eigenvalue weighted by molar-refractivity contribution is 6.33. The maximum atomic E-state index is 14.8. The van der Waals surface area contributed by atoms with Crippen LogP contribution in [0.3, 0.4) is 0 Å². The van der Waals surface area contributed by atoms with E-state index in [4.69, 9.17) is 11.6 Å². The lowest BCUT2D eigenvalue weighted by Gasteiger charge is -2.35. The Hall–Kier alpha value is -6.58. The van der Waals surface area contributed by atoms with Gasteiger partial charge in [0.2, 0.25) is 17.8 Å². The summed E-state index contributed by atoms with van der Waals surface area (Å²) in [5.74, 6) is -0.681. The number of imide groups is 1. The molecule has 0 aliphatic carbocycles. The monoisotopic (exact) mass is 884 g/mol. The second-order valence-electron chi connectivity index (χ2n) is 17.3. The fourth-order valence-corrected chi connectivity index (χ4v) is 9.47. The van der Waals surface area contributed by atoms with Gasteiger partial charge in [-0.05, 0) is 129 Å². The molecule has 14 nitrogen and oxygen atoms in total. The summed E-state index contributed by atoms with van der Waals surface area (Å²) < 4.78 is 14.8. The Labute approximate surface area is 376 Å². The molecule has 16 heteroatoms. The number of likely N-dealkylation sites (tertiary alicyclic amines) is 2. The highest BCUT2D eigenvalue weighted by Crippen LogP contribution is 2.41. The third kappa shape index (κ3) is 9.95. The Morgan fingerprint density at radius 3 is 2.22 bits per heavy atom. The number of carbonyl (C=O) groups excluding carboxylic acids is 4. The molecule has 64 heavy (non-hydrogen) atoms. The van der Waals surface area contributed by atoms with Gasteiger partial charge in [0.25, 0.3) is 11.8 Å². The van der Waals surface area contributed by atoms with E-state index in [0.29, 0.717) is 52.0 Å². The topological polar surface area (TPSA) is 164 Å². The number of piperidine rings is 2. The Kier molecular flexibility index (Phi) is 12.4. The van der Waals surface area contributed by atoms with E-state index >= 15 is 0 Å². The van der Waals surface area contributed by atoms with Gasteiger partial charge < -0.3 is 36.0 Å². The Balaban J connectivity index is 0.718. The van der Waals surface area contributed by atoms with Crippen molar-refractivity contribution in [3.8, 4) is 0 Å². The summed E-state index contributed by atoms with van der Waals surface area (Å²) in [5.41, 5.74) is 4.86. The van der Waals surface area contributed by atoms with E-state index in [1.165, 1.54) is 5.69 Å². The number of amides is 4. The molecule has 0 saturated carbocycles. The highest BCUT2D eigenvalue weighted by atomic mass is 35.5. The zero-order valence-corrected chi connectivity index (χ0v) is 36.0. The third-order valence-electron chi connectivity index (χ3n) is 12.9. The van der Waals surface area contributed by atoms with E-state index in [9.17, 15) is 23.6 Å². The molecule has 0 radical (unpaired) electrons. The molecule has 5 N–H and O–H groups in total. The summed E-state index contributed by atoms with van der Waals surface area (Å²) in [6.07, 6.45) is 6.28. The first kappa shape index (κ1) is 42.7. The molecule has 5 heterocycles. The molecule has 0 bridgehead atoms. The number of nitrogens with zero attached hydrogens (tertiary/aromatic N) is 5. The molecule has 4 fully saturated rings. The van der Waals surface area contributed by atoms with Gasteiger partial charge in [-0.1, -0.05) is 23.7 Å². The predicted octanol–water partition coefficient (Wildman–Crippen LogP) is 7.68. The average molecular weight is 885 g/mol. The van der Waals surface area contributed by atoms with Crippen molar-refractivity contribution in [3.63, 3.8) is 0 Å². The SMILES string of the molecule is O=C1CCC(Nc2ccc(N3CCC(CN4CCC5(CCN(C(=O)c6ccc(Nc7ncc(F)c(Nc8ccc(C(=O)Nc9ccccc9Cl)cc8)n7)cc6)C5)C4)CC3)cc2)C(=O)N1. The summed E-state index contributed by atoms with van der Waals surface area (Å²) in [4.78, 5) is 65.5. The largest absolute Gasteiger partial charge is 0.374 e. The van der Waals surface area contributed by atoms with Crippen molar-refractivity contribution in [2.24, 2.45) is 11.3 Å². The fraction of sp³-hybridized carbons (Fsp3) is 0.333. The third-order valence-corrected chi connectivity index (χ3v) is 13.2. The summed E-state index contributed by atoms with van der Waals surface area (Å²) in [6, 6.07) is 28.5. The first-order valence-electron chi connectivity index (χ1n) is 21.8. The number of hydrogen-bond acceptors (Lipinski definition) is 11. The smallest absolute Gasteiger partial charge is 0.255 e. The molecule has 4 saturated heterocycles. The Morgan fingerprint density at radius 1 is 0.797 bits per heavy atom. The highest BCUT2D eigenvalue weighted by Gasteiger charge is 2.45. The van der Waals surface area contributed by atoms with Gasteiger partial charge in [-0.15, -0.1) is 0 Å². The number of para-hydroxylation sites is 1. The van der Waals surface area contributed by atoms with E-state index in [-0.39, 0.29) is 40.8 Å². The van der Waals surface area contributed by atoms with Crippen molar-refractivity contribution in [1.29, 1.82) is 0 Å². The molecular weight excluding hydrogens is 835 g/mol. The molecule has 1 spiro atoms. The Morgan fingerprint density at radius 2 is 1.48 bits per heavy atom. The van der Waals surface area contributed by atoms with Gasteiger partial charge >= 0.3 is 0 Å². The van der Waals surface area contributed by atoms with Crippen LogP contribution >= 0.6 is 11.6 Å². The van der Waals surface area contributed by atoms with Crippen LogP contribution in [-0.4, -0.2) is 95.3 Å². The quantitative estimate of drug-likeness (QED) is 0.0782. The van der Waals surface area contributed by atoms with Crippen LogP contribution in [0.1, 0.15) is 59.2 Å². The van der Waals surface area contributed by atoms with Gasteiger partial charge in [-0.3, -0.25) is 24.5 Å². The Bertz CT molecular complexity index is 2520. The number of carbonyl (C=O) groups is 4. The van der Waals surface area contributed by atoms with Crippen molar-refractivity contribution >= 4 is 75.4 Å². The van der Waals surface area contributed by atoms with Crippen LogP contribution in [0.4, 0.5) is 44.6 Å². The lowest BCUT2D eigenvalue weighted by atomic mass is 9.86. The number of benzene rings is 4. The van der Waals surface area contributed by atoms with Crippen LogP contribution in [0.5, 0.6) is 0 Å². The number of nitrogens with one attached hydrogen (secondary N) is 5. The van der Waals surface area contributed by atoms with E-state index in [0.717, 1.165) is 83.4 Å². The first-order chi connectivity index (χ1) is 31.0. The molecule has 9 rings (SSSR count). The maximum Gasteiger partial charge on any atom is 0.255 e. The van der Waals surface area contributed by atoms with E-state index in [1.54, 1.807) is 72.8 Å². The molecule has 5 aromatic rings. The zero-order chi connectivity index (χ0) is 44.2. The summed E-state index contributed by atoms with van der Waals surface area (Å²) in [7, 11) is 0. The number of halogens is 2. The zero-order valence-electron chi connectivity index (χ0n) is 35.3. The second kappa shape index (κ2) is 18.6. The lowest BCUT2D eigenvalue weighted by molar-refractivity contribution is -0.133. The number of anilines is 7. The van der Waals surface area contributed by atoms with Crippen molar-refractivity contribution in [3.05, 3.63) is 125 Å². The van der Waals surface area contributed by atoms with Crippen LogP contribution in [0.15, 0.2) is 103 Å². The van der Waals surface area contributed by atoms with E-state index in [1.807, 2.05) is 17.0 Å². The molecular formula is C48H50ClFN10O4.